The molecule has 2 aromatic carbocycles. The molecule has 3 aromatic rings. The maximum atomic E-state index is 12.9. The van der Waals surface area contributed by atoms with Gasteiger partial charge in [-0.1, -0.05) is 19.9 Å². The van der Waals surface area contributed by atoms with Gasteiger partial charge in [0.2, 0.25) is 0 Å². The molecule has 29 heavy (non-hydrogen) atoms. The van der Waals surface area contributed by atoms with Gasteiger partial charge in [0.15, 0.2) is 0 Å². The highest BCUT2D eigenvalue weighted by atomic mass is 32.1. The highest BCUT2D eigenvalue weighted by molar-refractivity contribution is 7.15. The van der Waals surface area contributed by atoms with Crippen LogP contribution in [0.2, 0.25) is 0 Å². The Morgan fingerprint density at radius 3 is 2.72 bits per heavy atom. The molecule has 1 aromatic heterocycles. The molecule has 6 nitrogen and oxygen atoms in total. The molecule has 3 rings (SSSR count). The molecule has 0 saturated heterocycles. The molecule has 0 unspecified atom stereocenters. The van der Waals surface area contributed by atoms with Crippen LogP contribution in [0.25, 0.3) is 0 Å². The van der Waals surface area contributed by atoms with E-state index in [2.05, 4.69) is 21.7 Å². The molecular formula is C22H21N5OS. The van der Waals surface area contributed by atoms with Gasteiger partial charge >= 0.3 is 0 Å². The number of nitrogens with one attached hydrogen (secondary N) is 3. The second kappa shape index (κ2) is 8.67. The molecule has 146 valence electrons. The number of thiazole rings is 1. The quantitative estimate of drug-likeness (QED) is 0.477. The Kier molecular flexibility index (Phi) is 6.05. The predicted octanol–water partition coefficient (Wildman–Crippen LogP) is 5.44. The van der Waals surface area contributed by atoms with Crippen molar-refractivity contribution >= 4 is 39.8 Å². The van der Waals surface area contributed by atoms with Crippen LogP contribution in [0.4, 0.5) is 16.4 Å². The van der Waals surface area contributed by atoms with Gasteiger partial charge in [-0.25, -0.2) is 4.98 Å². The Hall–Kier alpha value is -3.50. The monoisotopic (exact) mass is 403 g/mol. The van der Waals surface area contributed by atoms with E-state index in [4.69, 9.17) is 5.41 Å². The third kappa shape index (κ3) is 4.50. The van der Waals surface area contributed by atoms with Crippen molar-refractivity contribution < 1.29 is 4.79 Å². The van der Waals surface area contributed by atoms with Gasteiger partial charge < -0.3 is 16.0 Å². The molecule has 0 atom stereocenters. The van der Waals surface area contributed by atoms with Crippen LogP contribution in [0.5, 0.6) is 0 Å². The van der Waals surface area contributed by atoms with Crippen LogP contribution in [-0.2, 0) is 0 Å². The van der Waals surface area contributed by atoms with Crippen LogP contribution in [0.15, 0.2) is 42.6 Å². The zero-order valence-electron chi connectivity index (χ0n) is 16.4. The van der Waals surface area contributed by atoms with Crippen molar-refractivity contribution in [1.29, 1.82) is 10.7 Å². The normalized spacial score (nSPS) is 10.4. The van der Waals surface area contributed by atoms with Crippen molar-refractivity contribution in [2.75, 3.05) is 10.6 Å². The molecule has 3 N–H and O–H groups in total. The third-order valence-corrected chi connectivity index (χ3v) is 5.22. The lowest BCUT2D eigenvalue weighted by molar-refractivity contribution is 0.102. The van der Waals surface area contributed by atoms with E-state index >= 15 is 0 Å². The second-order valence-corrected chi connectivity index (χ2v) is 8.04. The van der Waals surface area contributed by atoms with Gasteiger partial charge in [-0.15, -0.1) is 11.3 Å². The van der Waals surface area contributed by atoms with E-state index < -0.39 is 0 Å². The summed E-state index contributed by atoms with van der Waals surface area (Å²) in [6, 6.07) is 12.7. The number of hydrogen-bond donors (Lipinski definition) is 3. The highest BCUT2D eigenvalue weighted by Gasteiger charge is 2.18. The summed E-state index contributed by atoms with van der Waals surface area (Å²) in [6.07, 6.45) is 3.00. The minimum atomic E-state index is -0.270. The Labute approximate surface area is 173 Å². The summed E-state index contributed by atoms with van der Waals surface area (Å²) >= 11 is 1.51. The van der Waals surface area contributed by atoms with E-state index in [0.717, 1.165) is 15.6 Å². The highest BCUT2D eigenvalue weighted by Crippen LogP contribution is 2.28. The number of carbonyl (C=O) groups is 1. The number of aryl methyl sites for hydroxylation is 1. The second-order valence-electron chi connectivity index (χ2n) is 6.80. The van der Waals surface area contributed by atoms with E-state index in [0.29, 0.717) is 28.1 Å². The van der Waals surface area contributed by atoms with Crippen LogP contribution in [0.3, 0.4) is 0 Å². The Bertz CT molecular complexity index is 1110. The molecule has 0 aliphatic heterocycles. The average molecular weight is 404 g/mol. The SMILES string of the molecule is Cc1ncc(Nc2cc(NC(=O)c3cccc(C#N)c3C(C)C)ccc2C=N)s1. The van der Waals surface area contributed by atoms with Gasteiger partial charge in [0.05, 0.1) is 28.5 Å². The van der Waals surface area contributed by atoms with E-state index in [1.54, 1.807) is 42.6 Å². The fourth-order valence-corrected chi connectivity index (χ4v) is 3.79. The van der Waals surface area contributed by atoms with E-state index in [1.165, 1.54) is 17.6 Å². The van der Waals surface area contributed by atoms with Crippen molar-refractivity contribution in [3.63, 3.8) is 0 Å². The van der Waals surface area contributed by atoms with Gasteiger partial charge in [-0.05, 0) is 48.7 Å². The number of benzene rings is 2. The van der Waals surface area contributed by atoms with Gasteiger partial charge in [0.25, 0.3) is 5.91 Å². The minimum Gasteiger partial charge on any atom is -0.345 e. The molecule has 0 aliphatic carbocycles. The lowest BCUT2D eigenvalue weighted by atomic mass is 9.92. The van der Waals surface area contributed by atoms with Crippen molar-refractivity contribution in [2.45, 2.75) is 26.7 Å². The summed E-state index contributed by atoms with van der Waals surface area (Å²) in [5, 5.41) is 25.0. The largest absolute Gasteiger partial charge is 0.345 e. The first-order valence-corrected chi connectivity index (χ1v) is 9.93. The number of amides is 1. The number of nitrogens with zero attached hydrogens (tertiary/aromatic N) is 2. The molecule has 0 saturated carbocycles. The number of aromatic nitrogens is 1. The number of anilines is 3. The number of rotatable bonds is 6. The summed E-state index contributed by atoms with van der Waals surface area (Å²) in [6.45, 7) is 5.85. The van der Waals surface area contributed by atoms with Gasteiger partial charge in [0.1, 0.15) is 5.00 Å². The predicted molar refractivity (Wildman–Crippen MR) is 118 cm³/mol. The maximum absolute atomic E-state index is 12.9. The summed E-state index contributed by atoms with van der Waals surface area (Å²) in [4.78, 5) is 17.2. The summed E-state index contributed by atoms with van der Waals surface area (Å²) in [5.74, 6) is -0.230. The lowest BCUT2D eigenvalue weighted by Crippen LogP contribution is -2.16. The zero-order chi connectivity index (χ0) is 21.0. The van der Waals surface area contributed by atoms with Crippen LogP contribution in [-0.4, -0.2) is 17.1 Å². The number of carbonyl (C=O) groups excluding carboxylic acids is 1. The Morgan fingerprint density at radius 2 is 2.10 bits per heavy atom. The summed E-state index contributed by atoms with van der Waals surface area (Å²) in [7, 11) is 0. The van der Waals surface area contributed by atoms with Gasteiger partial charge in [-0.2, -0.15) is 5.26 Å². The molecular weight excluding hydrogens is 382 g/mol. The summed E-state index contributed by atoms with van der Waals surface area (Å²) in [5.41, 5.74) is 3.74. The van der Waals surface area contributed by atoms with Gasteiger partial charge in [0, 0.05) is 23.0 Å². The van der Waals surface area contributed by atoms with Crippen molar-refractivity contribution in [1.82, 2.24) is 4.98 Å². The minimum absolute atomic E-state index is 0.0405. The van der Waals surface area contributed by atoms with Crippen LogP contribution in [0, 0.1) is 23.7 Å². The Balaban J connectivity index is 1.91. The third-order valence-electron chi connectivity index (χ3n) is 4.39. The van der Waals surface area contributed by atoms with E-state index in [-0.39, 0.29) is 11.8 Å². The molecule has 0 aliphatic rings. The molecule has 0 spiro atoms. The molecule has 0 radical (unpaired) electrons. The first-order chi connectivity index (χ1) is 13.9. The number of hydrogen-bond acceptors (Lipinski definition) is 6. The first-order valence-electron chi connectivity index (χ1n) is 9.11. The zero-order valence-corrected chi connectivity index (χ0v) is 17.2. The molecule has 1 heterocycles. The maximum Gasteiger partial charge on any atom is 0.255 e. The van der Waals surface area contributed by atoms with Gasteiger partial charge in [-0.3, -0.25) is 4.79 Å². The van der Waals surface area contributed by atoms with Crippen molar-refractivity contribution in [2.24, 2.45) is 0 Å². The Morgan fingerprint density at radius 1 is 1.31 bits per heavy atom. The number of nitriles is 1. The standard InChI is InChI=1S/C22H21N5OS/c1-13(2)21-16(11-24)5-4-6-18(21)22(28)26-17-8-7-15(10-23)19(9-17)27-20-12-25-14(3)29-20/h4-10,12-13,23,27H,1-3H3,(H,26,28). The van der Waals surface area contributed by atoms with Crippen LogP contribution >= 0.6 is 11.3 Å². The average Bonchev–Trinajstić information content (AvgIpc) is 3.12. The molecule has 0 bridgehead atoms. The van der Waals surface area contributed by atoms with Crippen LogP contribution < -0.4 is 10.6 Å². The smallest absolute Gasteiger partial charge is 0.255 e. The van der Waals surface area contributed by atoms with Crippen LogP contribution in [0.1, 0.15) is 51.8 Å². The van der Waals surface area contributed by atoms with E-state index in [9.17, 15) is 10.1 Å². The van der Waals surface area contributed by atoms with Crippen molar-refractivity contribution in [3.05, 3.63) is 69.9 Å². The topological polar surface area (TPSA) is 102 Å². The molecule has 0 fully saturated rings. The molecule has 1 amide bonds. The first kappa shape index (κ1) is 20.2. The van der Waals surface area contributed by atoms with E-state index in [1.807, 2.05) is 20.8 Å². The lowest BCUT2D eigenvalue weighted by Gasteiger charge is -2.15. The summed E-state index contributed by atoms with van der Waals surface area (Å²) < 4.78 is 0. The fraction of sp³-hybridized carbons (Fsp3) is 0.182. The fourth-order valence-electron chi connectivity index (χ4n) is 3.10. The molecule has 7 heteroatoms. The van der Waals surface area contributed by atoms with Crippen molar-refractivity contribution in [3.8, 4) is 6.07 Å².